The molecule has 0 atom stereocenters. The lowest BCUT2D eigenvalue weighted by Gasteiger charge is -2.09. The Balaban J connectivity index is 1.65. The first-order valence-electron chi connectivity index (χ1n) is 9.99. The fourth-order valence-corrected chi connectivity index (χ4v) is 2.91. The molecular formula is C25H24N2O4. The van der Waals surface area contributed by atoms with Crippen LogP contribution in [0.2, 0.25) is 0 Å². The molecule has 0 radical (unpaired) electrons. The Labute approximate surface area is 180 Å². The van der Waals surface area contributed by atoms with Crippen LogP contribution in [0.25, 0.3) is 0 Å². The molecule has 0 amide bonds. The fourth-order valence-electron chi connectivity index (χ4n) is 2.91. The van der Waals surface area contributed by atoms with Gasteiger partial charge in [0.05, 0.1) is 13.1 Å². The first-order valence-corrected chi connectivity index (χ1v) is 9.99. The first kappa shape index (κ1) is 21.9. The molecule has 6 heteroatoms. The molecule has 0 unspecified atom stereocenters. The summed E-state index contributed by atoms with van der Waals surface area (Å²) >= 11 is 0. The zero-order valence-corrected chi connectivity index (χ0v) is 17.5. The second-order valence-corrected chi connectivity index (χ2v) is 6.91. The van der Waals surface area contributed by atoms with E-state index in [1.165, 1.54) is 6.07 Å². The van der Waals surface area contributed by atoms with Crippen LogP contribution in [0.5, 0.6) is 5.75 Å². The number of ketones is 1. The number of hydrogen-bond acceptors (Lipinski definition) is 6. The third-order valence-electron chi connectivity index (χ3n) is 4.61. The quantitative estimate of drug-likeness (QED) is 0.402. The normalized spacial score (nSPS) is 10.3. The van der Waals surface area contributed by atoms with Crippen molar-refractivity contribution in [3.05, 3.63) is 93.0 Å². The van der Waals surface area contributed by atoms with E-state index in [4.69, 9.17) is 4.42 Å². The van der Waals surface area contributed by atoms with E-state index in [1.807, 2.05) is 43.3 Å². The maximum atomic E-state index is 11.9. The number of aromatic hydroxyl groups is 1. The van der Waals surface area contributed by atoms with E-state index in [-0.39, 0.29) is 23.8 Å². The highest BCUT2D eigenvalue weighted by atomic mass is 16.4. The summed E-state index contributed by atoms with van der Waals surface area (Å²) in [5.74, 6) is 6.55. The van der Waals surface area contributed by atoms with Crippen LogP contribution in [0.1, 0.15) is 46.3 Å². The van der Waals surface area contributed by atoms with Gasteiger partial charge in [-0.25, -0.2) is 0 Å². The van der Waals surface area contributed by atoms with E-state index in [2.05, 4.69) is 22.5 Å². The molecule has 158 valence electrons. The lowest BCUT2D eigenvalue weighted by Crippen LogP contribution is -2.12. The number of carbonyl (C=O) groups is 1. The Bertz CT molecular complexity index is 1170. The molecular weight excluding hydrogens is 392 g/mol. The third kappa shape index (κ3) is 5.84. The summed E-state index contributed by atoms with van der Waals surface area (Å²) < 4.78 is 5.57. The van der Waals surface area contributed by atoms with Gasteiger partial charge >= 0.3 is 0 Å². The Hall–Kier alpha value is -3.82. The van der Waals surface area contributed by atoms with Gasteiger partial charge in [0.1, 0.15) is 5.76 Å². The lowest BCUT2D eigenvalue weighted by atomic mass is 10.1. The van der Waals surface area contributed by atoms with Crippen LogP contribution < -0.4 is 16.1 Å². The van der Waals surface area contributed by atoms with Crippen LogP contribution in [-0.2, 0) is 13.1 Å². The summed E-state index contributed by atoms with van der Waals surface area (Å²) in [4.78, 5) is 23.5. The van der Waals surface area contributed by atoms with Crippen LogP contribution >= 0.6 is 0 Å². The Morgan fingerprint density at radius 2 is 1.61 bits per heavy atom. The summed E-state index contributed by atoms with van der Waals surface area (Å²) in [6.07, 6.45) is 0.485. The minimum atomic E-state index is -0.467. The summed E-state index contributed by atoms with van der Waals surface area (Å²) in [6.45, 7) is 2.41. The maximum absolute atomic E-state index is 11.9. The minimum absolute atomic E-state index is 0.115. The summed E-state index contributed by atoms with van der Waals surface area (Å²) in [5, 5.41) is 16.0. The van der Waals surface area contributed by atoms with E-state index < -0.39 is 5.43 Å². The zero-order valence-electron chi connectivity index (χ0n) is 17.5. The third-order valence-corrected chi connectivity index (χ3v) is 4.61. The molecule has 0 aliphatic rings. The van der Waals surface area contributed by atoms with Crippen LogP contribution in [0.4, 0.5) is 5.69 Å². The van der Waals surface area contributed by atoms with Gasteiger partial charge in [0, 0.05) is 34.9 Å². The van der Waals surface area contributed by atoms with Crippen molar-refractivity contribution in [1.29, 1.82) is 0 Å². The van der Waals surface area contributed by atoms with Crippen LogP contribution in [-0.4, -0.2) is 17.9 Å². The van der Waals surface area contributed by atoms with Crippen molar-refractivity contribution in [2.75, 3.05) is 12.4 Å². The fraction of sp³-hybridized carbons (Fsp3) is 0.200. The average molecular weight is 416 g/mol. The summed E-state index contributed by atoms with van der Waals surface area (Å²) in [7, 11) is 1.75. The molecule has 0 aliphatic heterocycles. The number of hydrogen-bond donors (Lipinski definition) is 3. The van der Waals surface area contributed by atoms with Gasteiger partial charge in [0.2, 0.25) is 11.2 Å². The monoisotopic (exact) mass is 416 g/mol. The van der Waals surface area contributed by atoms with Crippen LogP contribution in [0, 0.1) is 11.8 Å². The number of rotatable bonds is 7. The predicted molar refractivity (Wildman–Crippen MR) is 120 cm³/mol. The largest absolute Gasteiger partial charge is 0.502 e. The number of nitrogens with one attached hydrogen (secondary N) is 2. The molecule has 3 N–H and O–H groups in total. The van der Waals surface area contributed by atoms with Gasteiger partial charge < -0.3 is 20.2 Å². The number of anilines is 1. The summed E-state index contributed by atoms with van der Waals surface area (Å²) in [5.41, 5.74) is 2.70. The molecule has 0 spiro atoms. The molecule has 1 aromatic heterocycles. The van der Waals surface area contributed by atoms with Gasteiger partial charge in [-0.3, -0.25) is 9.59 Å². The number of Topliss-reactive ketones (excluding diaryl/α,β-unsaturated/α-hetero) is 1. The van der Waals surface area contributed by atoms with E-state index in [0.29, 0.717) is 24.3 Å². The van der Waals surface area contributed by atoms with Gasteiger partial charge in [-0.05, 0) is 43.4 Å². The van der Waals surface area contributed by atoms with Crippen molar-refractivity contribution < 1.29 is 14.3 Å². The first-order chi connectivity index (χ1) is 15.0. The highest BCUT2D eigenvalue weighted by Gasteiger charge is 2.11. The van der Waals surface area contributed by atoms with Crippen molar-refractivity contribution in [1.82, 2.24) is 5.32 Å². The van der Waals surface area contributed by atoms with Crippen molar-refractivity contribution in [3.8, 4) is 17.6 Å². The molecule has 31 heavy (non-hydrogen) atoms. The zero-order chi connectivity index (χ0) is 22.2. The van der Waals surface area contributed by atoms with Crippen LogP contribution in [0.15, 0.2) is 63.8 Å². The lowest BCUT2D eigenvalue weighted by molar-refractivity contribution is 0.0988. The van der Waals surface area contributed by atoms with Gasteiger partial charge in [0.15, 0.2) is 11.5 Å². The Morgan fingerprint density at radius 1 is 1.00 bits per heavy atom. The molecule has 2 aromatic carbocycles. The molecule has 0 aliphatic carbocycles. The van der Waals surface area contributed by atoms with Crippen LogP contribution in [0.3, 0.4) is 0 Å². The topological polar surface area (TPSA) is 91.6 Å². The molecule has 3 rings (SSSR count). The summed E-state index contributed by atoms with van der Waals surface area (Å²) in [6, 6.07) is 16.0. The maximum Gasteiger partial charge on any atom is 0.227 e. The molecule has 0 bridgehead atoms. The second kappa shape index (κ2) is 10.3. The standard InChI is InChI=1S/C25H24N2O4/c1-3-22(28)19-10-6-17(7-11-19)4-5-18-8-12-20(13-9-18)27-16-24-25(30)23(29)14-21(31-24)15-26-2/h6-14,26-27,30H,3,15-16H2,1-2H3. The van der Waals surface area contributed by atoms with Gasteiger partial charge in [0.25, 0.3) is 0 Å². The van der Waals surface area contributed by atoms with E-state index in [1.54, 1.807) is 19.2 Å². The van der Waals surface area contributed by atoms with E-state index in [9.17, 15) is 14.7 Å². The van der Waals surface area contributed by atoms with Gasteiger partial charge in [-0.2, -0.15) is 0 Å². The predicted octanol–water partition coefficient (Wildman–Crippen LogP) is 3.67. The molecule has 0 saturated heterocycles. The minimum Gasteiger partial charge on any atom is -0.502 e. The van der Waals surface area contributed by atoms with Crippen molar-refractivity contribution in [2.45, 2.75) is 26.4 Å². The highest BCUT2D eigenvalue weighted by Crippen LogP contribution is 2.17. The second-order valence-electron chi connectivity index (χ2n) is 6.91. The van der Waals surface area contributed by atoms with Crippen molar-refractivity contribution in [2.24, 2.45) is 0 Å². The smallest absolute Gasteiger partial charge is 0.227 e. The SMILES string of the molecule is CCC(=O)c1ccc(C#Cc2ccc(NCc3oc(CNC)cc(=O)c3O)cc2)cc1. The molecule has 0 fully saturated rings. The van der Waals surface area contributed by atoms with E-state index in [0.717, 1.165) is 16.8 Å². The number of benzene rings is 2. The molecule has 6 nitrogen and oxygen atoms in total. The number of carbonyl (C=O) groups excluding carboxylic acids is 1. The van der Waals surface area contributed by atoms with Crippen molar-refractivity contribution in [3.63, 3.8) is 0 Å². The average Bonchev–Trinajstić information content (AvgIpc) is 2.79. The molecule has 3 aromatic rings. The molecule has 1 heterocycles. The van der Waals surface area contributed by atoms with Crippen molar-refractivity contribution >= 4 is 11.5 Å². The Kier molecular flexibility index (Phi) is 7.26. The van der Waals surface area contributed by atoms with Gasteiger partial charge in [-0.15, -0.1) is 0 Å². The Morgan fingerprint density at radius 3 is 2.19 bits per heavy atom. The van der Waals surface area contributed by atoms with E-state index >= 15 is 0 Å². The highest BCUT2D eigenvalue weighted by molar-refractivity contribution is 5.95. The molecule has 0 saturated carbocycles. The van der Waals surface area contributed by atoms with Gasteiger partial charge in [-0.1, -0.05) is 30.9 Å².